The number of halogens is 1. The molecule has 1 aromatic carbocycles. The van der Waals surface area contributed by atoms with E-state index in [-0.39, 0.29) is 6.10 Å². The number of hydrogen-bond acceptors (Lipinski definition) is 2. The van der Waals surface area contributed by atoms with Gasteiger partial charge in [0.25, 0.3) is 0 Å². The summed E-state index contributed by atoms with van der Waals surface area (Å²) in [5.74, 6) is 0. The minimum Gasteiger partial charge on any atom is -0.393 e. The Morgan fingerprint density at radius 3 is 3.00 bits per heavy atom. The van der Waals surface area contributed by atoms with Gasteiger partial charge in [-0.15, -0.1) is 11.3 Å². The first kappa shape index (κ1) is 9.97. The van der Waals surface area contributed by atoms with Gasteiger partial charge in [0, 0.05) is 9.72 Å². The maximum absolute atomic E-state index is 9.32. The summed E-state index contributed by atoms with van der Waals surface area (Å²) in [5.41, 5.74) is 1.18. The molecule has 1 unspecified atom stereocenters. The minimum absolute atomic E-state index is 0.299. The van der Waals surface area contributed by atoms with Crippen LogP contribution in [0.5, 0.6) is 0 Å². The highest BCUT2D eigenvalue weighted by Gasteiger charge is 2.06. The van der Waals surface area contributed by atoms with E-state index in [9.17, 15) is 5.11 Å². The van der Waals surface area contributed by atoms with Gasteiger partial charge in [0.1, 0.15) is 0 Å². The van der Waals surface area contributed by atoms with E-state index in [2.05, 4.69) is 5.38 Å². The van der Waals surface area contributed by atoms with Crippen LogP contribution in [0.25, 0.3) is 10.1 Å². The van der Waals surface area contributed by atoms with Crippen molar-refractivity contribution in [2.45, 2.75) is 19.4 Å². The molecule has 3 heteroatoms. The predicted octanol–water partition coefficient (Wildman–Crippen LogP) is 3.48. The van der Waals surface area contributed by atoms with Crippen LogP contribution in [0.2, 0.25) is 5.02 Å². The second-order valence-corrected chi connectivity index (χ2v) is 4.80. The van der Waals surface area contributed by atoms with Crippen molar-refractivity contribution in [1.82, 2.24) is 0 Å². The summed E-state index contributed by atoms with van der Waals surface area (Å²) in [6.07, 6.45) is 0.396. The first-order valence-electron chi connectivity index (χ1n) is 4.50. The number of benzene rings is 1. The van der Waals surface area contributed by atoms with Crippen molar-refractivity contribution in [2.24, 2.45) is 0 Å². The van der Waals surface area contributed by atoms with Crippen molar-refractivity contribution in [1.29, 1.82) is 0 Å². The minimum atomic E-state index is -0.299. The van der Waals surface area contributed by atoms with Gasteiger partial charge in [-0.3, -0.25) is 0 Å². The van der Waals surface area contributed by atoms with E-state index in [1.807, 2.05) is 18.2 Å². The van der Waals surface area contributed by atoms with Crippen molar-refractivity contribution >= 4 is 33.0 Å². The van der Waals surface area contributed by atoms with E-state index in [1.165, 1.54) is 15.6 Å². The first-order chi connectivity index (χ1) is 6.66. The molecule has 14 heavy (non-hydrogen) atoms. The molecule has 0 saturated heterocycles. The van der Waals surface area contributed by atoms with Crippen molar-refractivity contribution in [3.63, 3.8) is 0 Å². The Bertz CT molecular complexity index is 447. The number of aliphatic hydroxyl groups excluding tert-OH is 1. The second kappa shape index (κ2) is 3.89. The Kier molecular flexibility index (Phi) is 2.77. The van der Waals surface area contributed by atoms with Crippen LogP contribution in [-0.2, 0) is 6.42 Å². The number of rotatable bonds is 2. The molecule has 1 nitrogen and oxygen atoms in total. The van der Waals surface area contributed by atoms with Crippen molar-refractivity contribution in [3.05, 3.63) is 34.2 Å². The summed E-state index contributed by atoms with van der Waals surface area (Å²) >= 11 is 7.62. The molecule has 0 aliphatic heterocycles. The van der Waals surface area contributed by atoms with E-state index in [1.54, 1.807) is 18.3 Å². The van der Waals surface area contributed by atoms with Crippen molar-refractivity contribution in [3.8, 4) is 0 Å². The van der Waals surface area contributed by atoms with Gasteiger partial charge in [0.05, 0.1) is 6.10 Å². The molecular formula is C11H11ClOS. The third kappa shape index (κ3) is 1.92. The van der Waals surface area contributed by atoms with Crippen LogP contribution in [0.4, 0.5) is 0 Å². The zero-order valence-electron chi connectivity index (χ0n) is 7.83. The lowest BCUT2D eigenvalue weighted by Crippen LogP contribution is -2.03. The zero-order chi connectivity index (χ0) is 10.1. The van der Waals surface area contributed by atoms with Gasteiger partial charge in [-0.25, -0.2) is 0 Å². The summed E-state index contributed by atoms with van der Waals surface area (Å²) in [7, 11) is 0. The fourth-order valence-electron chi connectivity index (χ4n) is 1.53. The van der Waals surface area contributed by atoms with Crippen LogP contribution in [-0.4, -0.2) is 11.2 Å². The van der Waals surface area contributed by atoms with Gasteiger partial charge in [0.2, 0.25) is 0 Å². The molecule has 0 saturated carbocycles. The summed E-state index contributed by atoms with van der Waals surface area (Å²) in [6, 6.07) is 5.88. The fourth-order valence-corrected chi connectivity index (χ4v) is 2.66. The third-order valence-electron chi connectivity index (χ3n) is 2.13. The van der Waals surface area contributed by atoms with E-state index in [0.717, 1.165) is 5.02 Å². The SMILES string of the molecule is CC(O)Cc1csc2ccc(Cl)cc12. The number of fused-ring (bicyclic) bond motifs is 1. The maximum Gasteiger partial charge on any atom is 0.0552 e. The largest absolute Gasteiger partial charge is 0.393 e. The van der Waals surface area contributed by atoms with Crippen LogP contribution >= 0.6 is 22.9 Å². The monoisotopic (exact) mass is 226 g/mol. The van der Waals surface area contributed by atoms with Crippen LogP contribution in [0.3, 0.4) is 0 Å². The molecule has 1 atom stereocenters. The zero-order valence-corrected chi connectivity index (χ0v) is 9.40. The summed E-state index contributed by atoms with van der Waals surface area (Å²) in [6.45, 7) is 1.80. The van der Waals surface area contributed by atoms with Crippen LogP contribution in [0, 0.1) is 0 Å². The predicted molar refractivity (Wildman–Crippen MR) is 62.2 cm³/mol. The van der Waals surface area contributed by atoms with E-state index < -0.39 is 0 Å². The molecule has 2 rings (SSSR count). The Balaban J connectivity index is 2.50. The van der Waals surface area contributed by atoms with E-state index in [0.29, 0.717) is 6.42 Å². The fraction of sp³-hybridized carbons (Fsp3) is 0.273. The quantitative estimate of drug-likeness (QED) is 0.832. The molecule has 0 aliphatic carbocycles. The van der Waals surface area contributed by atoms with Gasteiger partial charge in [-0.1, -0.05) is 11.6 Å². The van der Waals surface area contributed by atoms with E-state index >= 15 is 0 Å². The first-order valence-corrected chi connectivity index (χ1v) is 5.76. The number of thiophene rings is 1. The Labute approximate surface area is 91.9 Å². The lowest BCUT2D eigenvalue weighted by Gasteiger charge is -2.02. The maximum atomic E-state index is 9.32. The standard InChI is InChI=1S/C11H11ClOS/c1-7(13)4-8-6-14-11-3-2-9(12)5-10(8)11/h2-3,5-7,13H,4H2,1H3. The molecule has 1 heterocycles. The number of hydrogen-bond donors (Lipinski definition) is 1. The van der Waals surface area contributed by atoms with Crippen LogP contribution < -0.4 is 0 Å². The average molecular weight is 227 g/mol. The topological polar surface area (TPSA) is 20.2 Å². The Morgan fingerprint density at radius 1 is 1.50 bits per heavy atom. The highest BCUT2D eigenvalue weighted by molar-refractivity contribution is 7.17. The molecule has 0 bridgehead atoms. The highest BCUT2D eigenvalue weighted by Crippen LogP contribution is 2.29. The molecule has 0 spiro atoms. The van der Waals surface area contributed by atoms with Gasteiger partial charge in [-0.2, -0.15) is 0 Å². The Morgan fingerprint density at radius 2 is 2.29 bits per heavy atom. The second-order valence-electron chi connectivity index (χ2n) is 3.45. The van der Waals surface area contributed by atoms with Crippen LogP contribution in [0.1, 0.15) is 12.5 Å². The molecule has 0 radical (unpaired) electrons. The summed E-state index contributed by atoms with van der Waals surface area (Å²) in [5, 5.41) is 13.3. The van der Waals surface area contributed by atoms with Crippen molar-refractivity contribution in [2.75, 3.05) is 0 Å². The number of aliphatic hydroxyl groups is 1. The molecular weight excluding hydrogens is 216 g/mol. The summed E-state index contributed by atoms with van der Waals surface area (Å²) < 4.78 is 1.23. The van der Waals surface area contributed by atoms with Crippen molar-refractivity contribution < 1.29 is 5.11 Å². The van der Waals surface area contributed by atoms with Gasteiger partial charge in [0.15, 0.2) is 0 Å². The Hall–Kier alpha value is -0.570. The summed E-state index contributed by atoms with van der Waals surface area (Å²) in [4.78, 5) is 0. The molecule has 0 fully saturated rings. The molecule has 0 amide bonds. The van der Waals surface area contributed by atoms with Gasteiger partial charge < -0.3 is 5.11 Å². The highest BCUT2D eigenvalue weighted by atomic mass is 35.5. The smallest absolute Gasteiger partial charge is 0.0552 e. The van der Waals surface area contributed by atoms with Gasteiger partial charge >= 0.3 is 0 Å². The van der Waals surface area contributed by atoms with E-state index in [4.69, 9.17) is 11.6 Å². The molecule has 0 aliphatic rings. The third-order valence-corrected chi connectivity index (χ3v) is 3.38. The molecule has 74 valence electrons. The molecule has 1 N–H and O–H groups in total. The van der Waals surface area contributed by atoms with Gasteiger partial charge in [-0.05, 0) is 47.9 Å². The molecule has 2 aromatic rings. The van der Waals surface area contributed by atoms with Crippen LogP contribution in [0.15, 0.2) is 23.6 Å². The lowest BCUT2D eigenvalue weighted by molar-refractivity contribution is 0.196. The normalized spacial score (nSPS) is 13.4. The molecule has 1 aromatic heterocycles. The average Bonchev–Trinajstić information content (AvgIpc) is 2.47. The lowest BCUT2D eigenvalue weighted by atomic mass is 10.1.